The summed E-state index contributed by atoms with van der Waals surface area (Å²) in [6, 6.07) is 2.88. The average Bonchev–Trinajstić information content (AvgIpc) is 2.98. The molecule has 1 aromatic carbocycles. The highest BCUT2D eigenvalue weighted by atomic mass is 19.4. The Labute approximate surface area is 160 Å². The van der Waals surface area contributed by atoms with Crippen molar-refractivity contribution in [1.29, 1.82) is 0 Å². The number of hydrogen-bond acceptors (Lipinski definition) is 4. The highest BCUT2D eigenvalue weighted by molar-refractivity contribution is 5.92. The van der Waals surface area contributed by atoms with Crippen LogP contribution in [0.3, 0.4) is 0 Å². The summed E-state index contributed by atoms with van der Waals surface area (Å²) in [7, 11) is 0. The Morgan fingerprint density at radius 2 is 1.62 bits per heavy atom. The fraction of sp³-hybridized carbons (Fsp3) is 0.333. The zero-order valence-corrected chi connectivity index (χ0v) is 15.0. The van der Waals surface area contributed by atoms with Crippen LogP contribution in [0, 0.1) is 6.92 Å². The number of alkyl halides is 6. The largest absolute Gasteiger partial charge is 0.478 e. The van der Waals surface area contributed by atoms with Crippen molar-refractivity contribution in [2.45, 2.75) is 38.2 Å². The molecule has 0 spiro atoms. The molecule has 2 N–H and O–H groups in total. The maximum atomic E-state index is 13.0. The van der Waals surface area contributed by atoms with Gasteiger partial charge in [-0.05, 0) is 24.5 Å². The van der Waals surface area contributed by atoms with E-state index in [2.05, 4.69) is 5.16 Å². The van der Waals surface area contributed by atoms with Gasteiger partial charge in [-0.1, -0.05) is 36.3 Å². The average molecular weight is 423 g/mol. The lowest BCUT2D eigenvalue weighted by Crippen LogP contribution is -2.53. The van der Waals surface area contributed by atoms with Gasteiger partial charge in [-0.25, -0.2) is 4.79 Å². The van der Waals surface area contributed by atoms with Crippen molar-refractivity contribution in [3.05, 3.63) is 47.4 Å². The van der Waals surface area contributed by atoms with E-state index in [9.17, 15) is 36.2 Å². The van der Waals surface area contributed by atoms with E-state index in [-0.39, 0.29) is 34.6 Å². The number of aryl methyl sites for hydroxylation is 1. The Bertz CT molecular complexity index is 911. The van der Waals surface area contributed by atoms with E-state index in [1.54, 1.807) is 6.92 Å². The lowest BCUT2D eigenvalue weighted by molar-refractivity contribution is -0.376. The van der Waals surface area contributed by atoms with Gasteiger partial charge in [0, 0.05) is 11.6 Å². The van der Waals surface area contributed by atoms with Crippen molar-refractivity contribution >= 4 is 11.5 Å². The van der Waals surface area contributed by atoms with Crippen molar-refractivity contribution < 1.29 is 45.9 Å². The van der Waals surface area contributed by atoms with Crippen LogP contribution in [0.15, 0.2) is 34.9 Å². The minimum absolute atomic E-state index is 0.0991. The van der Waals surface area contributed by atoms with Gasteiger partial charge < -0.3 is 14.7 Å². The Morgan fingerprint density at radius 3 is 2.03 bits per heavy atom. The molecule has 0 saturated heterocycles. The van der Waals surface area contributed by atoms with Gasteiger partial charge in [0.05, 0.1) is 5.56 Å². The Morgan fingerprint density at radius 1 is 1.10 bits per heavy atom. The summed E-state index contributed by atoms with van der Waals surface area (Å²) < 4.78 is 83.0. The predicted octanol–water partition coefficient (Wildman–Crippen LogP) is 4.84. The number of aromatic nitrogens is 1. The number of benzene rings is 1. The van der Waals surface area contributed by atoms with E-state index < -0.39 is 29.5 Å². The highest BCUT2D eigenvalue weighted by Gasteiger charge is 2.71. The van der Waals surface area contributed by atoms with Gasteiger partial charge in [0.1, 0.15) is 11.5 Å². The molecule has 0 aliphatic rings. The van der Waals surface area contributed by atoms with Crippen LogP contribution < -0.4 is 0 Å². The number of aliphatic hydroxyl groups is 1. The number of carboxylic acid groups (broad SMARTS) is 1. The molecule has 29 heavy (non-hydrogen) atoms. The summed E-state index contributed by atoms with van der Waals surface area (Å²) in [5.74, 6) is -1.08. The van der Waals surface area contributed by atoms with Crippen LogP contribution in [0.25, 0.3) is 16.7 Å². The molecule has 2 aromatic rings. The molecule has 0 bridgehead atoms. The van der Waals surface area contributed by atoms with Gasteiger partial charge in [-0.2, -0.15) is 26.3 Å². The number of carboxylic acids is 1. The molecule has 11 heteroatoms. The third-order valence-corrected chi connectivity index (χ3v) is 4.26. The molecule has 0 amide bonds. The molecule has 158 valence electrons. The number of nitrogens with zero attached hydrogens (tertiary/aromatic N) is 1. The number of rotatable bonds is 5. The smallest absolute Gasteiger partial charge is 0.430 e. The Hall–Kier alpha value is -2.82. The second kappa shape index (κ2) is 7.54. The molecule has 1 heterocycles. The minimum Gasteiger partial charge on any atom is -0.478 e. The molecule has 1 aromatic heterocycles. The van der Waals surface area contributed by atoms with Crippen LogP contribution in [0.4, 0.5) is 26.3 Å². The molecule has 5 nitrogen and oxygen atoms in total. The topological polar surface area (TPSA) is 83.6 Å². The first-order valence-electron chi connectivity index (χ1n) is 8.10. The van der Waals surface area contributed by atoms with Crippen LogP contribution in [0.5, 0.6) is 0 Å². The van der Waals surface area contributed by atoms with Crippen LogP contribution in [-0.4, -0.2) is 33.7 Å². The van der Waals surface area contributed by atoms with Gasteiger partial charge in [-0.15, -0.1) is 0 Å². The van der Waals surface area contributed by atoms with Crippen LogP contribution in [0.1, 0.15) is 30.4 Å². The van der Waals surface area contributed by atoms with E-state index in [4.69, 9.17) is 9.63 Å². The molecule has 0 radical (unpaired) electrons. The van der Waals surface area contributed by atoms with E-state index in [0.29, 0.717) is 12.1 Å². The van der Waals surface area contributed by atoms with Crippen LogP contribution in [0.2, 0.25) is 0 Å². The summed E-state index contributed by atoms with van der Waals surface area (Å²) in [6.07, 6.45) is -10.9. The zero-order chi connectivity index (χ0) is 22.2. The molecule has 0 aliphatic carbocycles. The molecule has 0 aliphatic heterocycles. The summed E-state index contributed by atoms with van der Waals surface area (Å²) >= 11 is 0. The van der Waals surface area contributed by atoms with Crippen molar-refractivity contribution in [3.63, 3.8) is 0 Å². The fourth-order valence-electron chi connectivity index (χ4n) is 2.78. The third-order valence-electron chi connectivity index (χ3n) is 4.26. The number of carbonyl (C=O) groups is 1. The number of aliphatic carboxylic acids is 1. The number of allylic oxidation sites excluding steroid dienone is 1. The first-order valence-corrected chi connectivity index (χ1v) is 8.10. The molecule has 2 rings (SSSR count). The summed E-state index contributed by atoms with van der Waals surface area (Å²) in [4.78, 5) is 11.0. The van der Waals surface area contributed by atoms with Gasteiger partial charge in [0.15, 0.2) is 0 Å². The van der Waals surface area contributed by atoms with Crippen molar-refractivity contribution in [3.8, 4) is 11.1 Å². The quantitative estimate of drug-likeness (QED) is 0.531. The second-order valence-electron chi connectivity index (χ2n) is 6.11. The molecule has 0 saturated carbocycles. The SMILES string of the molecule is CC/C(=C\C(=O)O)c1noc(C)c1-c1ccc(C(O)(C(F)(F)F)C(F)(F)F)cc1. The number of hydrogen-bond donors (Lipinski definition) is 2. The number of halogens is 6. The lowest BCUT2D eigenvalue weighted by atomic mass is 9.90. The lowest BCUT2D eigenvalue weighted by Gasteiger charge is -2.32. The Kier molecular flexibility index (Phi) is 5.84. The van der Waals surface area contributed by atoms with Gasteiger partial charge in [0.2, 0.25) is 0 Å². The first-order chi connectivity index (χ1) is 13.2. The highest BCUT2D eigenvalue weighted by Crippen LogP contribution is 2.50. The zero-order valence-electron chi connectivity index (χ0n) is 15.0. The molecular formula is C18H15F6NO4. The summed E-state index contributed by atoms with van der Waals surface area (Å²) in [5, 5.41) is 22.2. The molecule has 0 atom stereocenters. The van der Waals surface area contributed by atoms with E-state index >= 15 is 0 Å². The third kappa shape index (κ3) is 4.00. The van der Waals surface area contributed by atoms with Crippen molar-refractivity contribution in [2.24, 2.45) is 0 Å². The van der Waals surface area contributed by atoms with Crippen molar-refractivity contribution in [2.75, 3.05) is 0 Å². The van der Waals surface area contributed by atoms with Gasteiger partial charge in [0.25, 0.3) is 5.60 Å². The minimum atomic E-state index is -6.00. The first kappa shape index (κ1) is 22.5. The molecule has 0 unspecified atom stereocenters. The normalized spacial score (nSPS) is 13.6. The van der Waals surface area contributed by atoms with Gasteiger partial charge in [-0.3, -0.25) is 0 Å². The second-order valence-corrected chi connectivity index (χ2v) is 6.11. The van der Waals surface area contributed by atoms with E-state index in [0.717, 1.165) is 18.2 Å². The van der Waals surface area contributed by atoms with Crippen LogP contribution in [-0.2, 0) is 10.4 Å². The summed E-state index contributed by atoms with van der Waals surface area (Å²) in [6.45, 7) is 3.09. The maximum Gasteiger partial charge on any atom is 0.430 e. The summed E-state index contributed by atoms with van der Waals surface area (Å²) in [5.41, 5.74) is -5.75. The maximum absolute atomic E-state index is 13.0. The monoisotopic (exact) mass is 423 g/mol. The molecular weight excluding hydrogens is 408 g/mol. The molecule has 0 fully saturated rings. The van der Waals surface area contributed by atoms with Gasteiger partial charge >= 0.3 is 18.3 Å². The van der Waals surface area contributed by atoms with Crippen molar-refractivity contribution in [1.82, 2.24) is 5.16 Å². The van der Waals surface area contributed by atoms with E-state index in [1.165, 1.54) is 6.92 Å². The van der Waals surface area contributed by atoms with Crippen LogP contribution >= 0.6 is 0 Å². The van der Waals surface area contributed by atoms with E-state index in [1.807, 2.05) is 0 Å². The standard InChI is InChI=1S/C18H15F6NO4/c1-3-10(8-13(26)27)15-14(9(2)29-25-15)11-4-6-12(7-5-11)16(28,17(19,20)21)18(22,23)24/h4-8,28H,3H2,1-2H3,(H,26,27)/b10-8+. The Balaban J connectivity index is 2.60. The fourth-order valence-corrected chi connectivity index (χ4v) is 2.78. The predicted molar refractivity (Wildman–Crippen MR) is 88.6 cm³/mol.